The number of guanidine groups is 1. The van der Waals surface area contributed by atoms with Gasteiger partial charge in [0.2, 0.25) is 0 Å². The van der Waals surface area contributed by atoms with E-state index in [1.165, 1.54) is 11.1 Å². The van der Waals surface area contributed by atoms with E-state index in [0.717, 1.165) is 23.8 Å². The number of nitrogens with zero attached hydrogens (tertiary/aromatic N) is 2. The minimum absolute atomic E-state index is 0. The topological polar surface area (TPSA) is 49.3 Å². The maximum absolute atomic E-state index is 4.41. The van der Waals surface area contributed by atoms with Gasteiger partial charge in [0.15, 0.2) is 5.96 Å². The Kier molecular flexibility index (Phi) is 8.08. The van der Waals surface area contributed by atoms with Crippen molar-refractivity contribution in [1.29, 1.82) is 0 Å². The summed E-state index contributed by atoms with van der Waals surface area (Å²) in [6.07, 6.45) is 1.82. The smallest absolute Gasteiger partial charge is 0.191 e. The molecule has 0 atom stereocenters. The van der Waals surface area contributed by atoms with Crippen LogP contribution in [0.15, 0.2) is 84.0 Å². The molecule has 3 rings (SSSR count). The van der Waals surface area contributed by atoms with E-state index in [0.29, 0.717) is 6.54 Å². The summed E-state index contributed by atoms with van der Waals surface area (Å²) in [6.45, 7) is 1.45. The van der Waals surface area contributed by atoms with Gasteiger partial charge >= 0.3 is 0 Å². The van der Waals surface area contributed by atoms with Gasteiger partial charge in [0.1, 0.15) is 0 Å². The molecule has 0 fully saturated rings. The molecule has 2 N–H and O–H groups in total. The number of rotatable bonds is 5. The second-order valence-corrected chi connectivity index (χ2v) is 5.68. The number of aliphatic imine (C=N–C) groups is 1. The highest BCUT2D eigenvalue weighted by molar-refractivity contribution is 14.0. The summed E-state index contributed by atoms with van der Waals surface area (Å²) < 4.78 is 0. The van der Waals surface area contributed by atoms with Crippen LogP contribution in [0.2, 0.25) is 0 Å². The molecular formula is C21H23IN4. The molecule has 1 heterocycles. The number of hydrogen-bond donors (Lipinski definition) is 2. The van der Waals surface area contributed by atoms with Gasteiger partial charge in [0.25, 0.3) is 0 Å². The van der Waals surface area contributed by atoms with Crippen molar-refractivity contribution < 1.29 is 0 Å². The number of aromatic nitrogens is 1. The average molecular weight is 458 g/mol. The lowest BCUT2D eigenvalue weighted by Crippen LogP contribution is -2.36. The molecule has 0 radical (unpaired) electrons. The van der Waals surface area contributed by atoms with Crippen LogP contribution in [0.25, 0.3) is 11.3 Å². The first-order chi connectivity index (χ1) is 12.3. The van der Waals surface area contributed by atoms with Crippen LogP contribution < -0.4 is 10.6 Å². The second kappa shape index (κ2) is 10.6. The van der Waals surface area contributed by atoms with Gasteiger partial charge < -0.3 is 10.6 Å². The minimum atomic E-state index is 0. The van der Waals surface area contributed by atoms with E-state index in [9.17, 15) is 0 Å². The van der Waals surface area contributed by atoms with Gasteiger partial charge in [-0.05, 0) is 29.3 Å². The van der Waals surface area contributed by atoms with E-state index in [2.05, 4.69) is 57.0 Å². The maximum Gasteiger partial charge on any atom is 0.191 e. The molecule has 26 heavy (non-hydrogen) atoms. The van der Waals surface area contributed by atoms with Crippen molar-refractivity contribution >= 4 is 29.9 Å². The average Bonchev–Trinajstić information content (AvgIpc) is 2.70. The molecule has 1 aromatic heterocycles. The largest absolute Gasteiger partial charge is 0.352 e. The van der Waals surface area contributed by atoms with Gasteiger partial charge in [-0.15, -0.1) is 24.0 Å². The standard InChI is InChI=1S/C21H22N4.HI/c1-22-21(24-15-17-8-3-2-4-9-17)25-16-18-10-7-11-19(14-18)20-12-5-6-13-23-20;/h2-14H,15-16H2,1H3,(H2,22,24,25);1H. The highest BCUT2D eigenvalue weighted by Gasteiger charge is 2.02. The van der Waals surface area contributed by atoms with Gasteiger partial charge in [-0.1, -0.05) is 54.6 Å². The van der Waals surface area contributed by atoms with Crippen LogP contribution in [0, 0.1) is 0 Å². The number of halogens is 1. The molecule has 0 spiro atoms. The summed E-state index contributed by atoms with van der Waals surface area (Å²) in [7, 11) is 1.78. The van der Waals surface area contributed by atoms with Crippen LogP contribution in [0.5, 0.6) is 0 Å². The van der Waals surface area contributed by atoms with E-state index >= 15 is 0 Å². The second-order valence-electron chi connectivity index (χ2n) is 5.68. The molecule has 0 saturated carbocycles. The van der Waals surface area contributed by atoms with Crippen LogP contribution in [-0.2, 0) is 13.1 Å². The van der Waals surface area contributed by atoms with Crippen LogP contribution in [0.3, 0.4) is 0 Å². The van der Waals surface area contributed by atoms with Crippen LogP contribution >= 0.6 is 24.0 Å². The fourth-order valence-electron chi connectivity index (χ4n) is 2.56. The summed E-state index contributed by atoms with van der Waals surface area (Å²) in [6, 6.07) is 24.6. The molecule has 2 aromatic carbocycles. The summed E-state index contributed by atoms with van der Waals surface area (Å²) in [4.78, 5) is 8.69. The van der Waals surface area contributed by atoms with Gasteiger partial charge in [-0.3, -0.25) is 9.98 Å². The van der Waals surface area contributed by atoms with Gasteiger partial charge in [-0.25, -0.2) is 0 Å². The van der Waals surface area contributed by atoms with Crippen molar-refractivity contribution in [3.05, 3.63) is 90.1 Å². The number of benzene rings is 2. The van der Waals surface area contributed by atoms with Crippen molar-refractivity contribution in [1.82, 2.24) is 15.6 Å². The Hall–Kier alpha value is -2.41. The lowest BCUT2D eigenvalue weighted by molar-refractivity contribution is 0.809. The Morgan fingerprint density at radius 3 is 2.23 bits per heavy atom. The molecule has 5 heteroatoms. The summed E-state index contributed by atoms with van der Waals surface area (Å²) >= 11 is 0. The Bertz CT molecular complexity index is 820. The molecule has 134 valence electrons. The third-order valence-electron chi connectivity index (χ3n) is 3.87. The summed E-state index contributed by atoms with van der Waals surface area (Å²) in [5.41, 5.74) is 4.51. The fraction of sp³-hybridized carbons (Fsp3) is 0.143. The molecular weight excluding hydrogens is 435 g/mol. The van der Waals surface area contributed by atoms with Crippen molar-refractivity contribution in [3.63, 3.8) is 0 Å². The molecule has 0 amide bonds. The van der Waals surface area contributed by atoms with Crippen molar-refractivity contribution in [2.75, 3.05) is 7.05 Å². The van der Waals surface area contributed by atoms with Gasteiger partial charge in [0, 0.05) is 31.9 Å². The molecule has 0 aliphatic carbocycles. The van der Waals surface area contributed by atoms with Crippen molar-refractivity contribution in [3.8, 4) is 11.3 Å². The molecule has 0 saturated heterocycles. The van der Waals surface area contributed by atoms with Crippen LogP contribution in [-0.4, -0.2) is 18.0 Å². The third-order valence-corrected chi connectivity index (χ3v) is 3.87. The molecule has 0 aliphatic heterocycles. The summed E-state index contributed by atoms with van der Waals surface area (Å²) in [5, 5.41) is 6.68. The zero-order valence-electron chi connectivity index (χ0n) is 14.7. The Morgan fingerprint density at radius 2 is 1.54 bits per heavy atom. The Labute approximate surface area is 171 Å². The van der Waals surface area contributed by atoms with Crippen LogP contribution in [0.4, 0.5) is 0 Å². The van der Waals surface area contributed by atoms with E-state index in [1.54, 1.807) is 7.05 Å². The SMILES string of the molecule is CN=C(NCc1ccccc1)NCc1cccc(-c2ccccn2)c1.I. The number of hydrogen-bond acceptors (Lipinski definition) is 2. The third kappa shape index (κ3) is 5.84. The highest BCUT2D eigenvalue weighted by Crippen LogP contribution is 2.17. The molecule has 0 bridgehead atoms. The summed E-state index contributed by atoms with van der Waals surface area (Å²) in [5.74, 6) is 0.784. The van der Waals surface area contributed by atoms with E-state index in [1.807, 2.05) is 42.6 Å². The quantitative estimate of drug-likeness (QED) is 0.342. The molecule has 0 aliphatic rings. The molecule has 0 unspecified atom stereocenters. The highest BCUT2D eigenvalue weighted by atomic mass is 127. The van der Waals surface area contributed by atoms with E-state index in [4.69, 9.17) is 0 Å². The lowest BCUT2D eigenvalue weighted by atomic mass is 10.1. The maximum atomic E-state index is 4.41. The first-order valence-corrected chi connectivity index (χ1v) is 8.34. The Morgan fingerprint density at radius 1 is 0.846 bits per heavy atom. The minimum Gasteiger partial charge on any atom is -0.352 e. The van der Waals surface area contributed by atoms with Crippen molar-refractivity contribution in [2.45, 2.75) is 13.1 Å². The first kappa shape index (κ1) is 19.9. The normalized spacial score (nSPS) is 10.7. The monoisotopic (exact) mass is 458 g/mol. The Balaban J connectivity index is 0.00000243. The number of nitrogens with one attached hydrogen (secondary N) is 2. The van der Waals surface area contributed by atoms with Gasteiger partial charge in [-0.2, -0.15) is 0 Å². The van der Waals surface area contributed by atoms with Crippen LogP contribution in [0.1, 0.15) is 11.1 Å². The number of pyridine rings is 1. The molecule has 4 nitrogen and oxygen atoms in total. The zero-order valence-corrected chi connectivity index (χ0v) is 17.1. The molecule has 3 aromatic rings. The van der Waals surface area contributed by atoms with Gasteiger partial charge in [0.05, 0.1) is 5.69 Å². The predicted molar refractivity (Wildman–Crippen MR) is 119 cm³/mol. The van der Waals surface area contributed by atoms with Crippen molar-refractivity contribution in [2.24, 2.45) is 4.99 Å². The van der Waals surface area contributed by atoms with E-state index < -0.39 is 0 Å². The zero-order chi connectivity index (χ0) is 17.3. The van der Waals surface area contributed by atoms with E-state index in [-0.39, 0.29) is 24.0 Å². The first-order valence-electron chi connectivity index (χ1n) is 8.34. The predicted octanol–water partition coefficient (Wildman–Crippen LogP) is 4.23. The lowest BCUT2D eigenvalue weighted by Gasteiger charge is -2.12. The fourth-order valence-corrected chi connectivity index (χ4v) is 2.56.